The van der Waals surface area contributed by atoms with Crippen molar-refractivity contribution >= 4 is 28.2 Å². The number of ether oxygens (including phenoxy) is 2. The molecule has 0 bridgehead atoms. The number of carbonyl (C=O) groups is 1. The molecular weight excluding hydrogens is 330 g/mol. The average Bonchev–Trinajstić information content (AvgIpc) is 2.68. The minimum Gasteiger partial charge on any atom is -0.486 e. The third-order valence-electron chi connectivity index (χ3n) is 4.13. The second-order valence-corrected chi connectivity index (χ2v) is 5.96. The van der Waals surface area contributed by atoms with Crippen molar-refractivity contribution in [3.63, 3.8) is 0 Å². The van der Waals surface area contributed by atoms with Crippen molar-refractivity contribution < 1.29 is 14.3 Å². The van der Waals surface area contributed by atoms with Gasteiger partial charge in [-0.3, -0.25) is 9.78 Å². The van der Waals surface area contributed by atoms with Crippen LogP contribution < -0.4 is 20.1 Å². The molecule has 1 aliphatic rings. The molecule has 3 aromatic rings. The maximum Gasteiger partial charge on any atom is 0.226 e. The van der Waals surface area contributed by atoms with Crippen LogP contribution in [0.5, 0.6) is 11.5 Å². The molecule has 6 heteroatoms. The Morgan fingerprint density at radius 3 is 2.81 bits per heavy atom. The molecule has 2 N–H and O–H groups in total. The SMILES string of the molecule is O=C(CCNc1ccc2c(c1)OCCO2)Nc1cccc2cccnc12. The van der Waals surface area contributed by atoms with Crippen molar-refractivity contribution in [3.05, 3.63) is 54.7 Å². The summed E-state index contributed by atoms with van der Waals surface area (Å²) in [5.74, 6) is 1.42. The number of rotatable bonds is 5. The van der Waals surface area contributed by atoms with Gasteiger partial charge >= 0.3 is 0 Å². The quantitative estimate of drug-likeness (QED) is 0.738. The topological polar surface area (TPSA) is 72.5 Å². The van der Waals surface area contributed by atoms with Gasteiger partial charge < -0.3 is 20.1 Å². The summed E-state index contributed by atoms with van der Waals surface area (Å²) in [4.78, 5) is 16.6. The van der Waals surface area contributed by atoms with Crippen LogP contribution in [0.2, 0.25) is 0 Å². The number of nitrogens with zero attached hydrogens (tertiary/aromatic N) is 1. The fourth-order valence-corrected chi connectivity index (χ4v) is 2.89. The molecule has 1 aromatic heterocycles. The van der Waals surface area contributed by atoms with Gasteiger partial charge in [-0.25, -0.2) is 0 Å². The van der Waals surface area contributed by atoms with E-state index in [1.54, 1.807) is 6.20 Å². The minimum absolute atomic E-state index is 0.0619. The van der Waals surface area contributed by atoms with Crippen LogP contribution in [-0.4, -0.2) is 30.6 Å². The molecule has 26 heavy (non-hydrogen) atoms. The van der Waals surface area contributed by atoms with E-state index in [1.165, 1.54) is 0 Å². The highest BCUT2D eigenvalue weighted by Gasteiger charge is 2.12. The standard InChI is InChI=1S/C20H19N3O3/c24-19(23-16-5-1-3-14-4-2-9-22-20(14)16)8-10-21-15-6-7-17-18(13-15)26-12-11-25-17/h1-7,9,13,21H,8,10-12H2,(H,23,24). The number of aromatic nitrogens is 1. The Hall–Kier alpha value is -3.28. The van der Waals surface area contributed by atoms with Gasteiger partial charge in [-0.2, -0.15) is 0 Å². The Labute approximate surface area is 151 Å². The first-order valence-electron chi connectivity index (χ1n) is 8.57. The Bertz CT molecular complexity index is 937. The number of fused-ring (bicyclic) bond motifs is 2. The van der Waals surface area contributed by atoms with Crippen molar-refractivity contribution in [1.82, 2.24) is 4.98 Å². The monoisotopic (exact) mass is 349 g/mol. The number of hydrogen-bond donors (Lipinski definition) is 2. The number of amides is 1. The van der Waals surface area contributed by atoms with Crippen LogP contribution >= 0.6 is 0 Å². The van der Waals surface area contributed by atoms with Gasteiger partial charge in [0.05, 0.1) is 11.2 Å². The first-order valence-corrected chi connectivity index (χ1v) is 8.57. The zero-order valence-electron chi connectivity index (χ0n) is 14.2. The largest absolute Gasteiger partial charge is 0.486 e. The molecule has 6 nitrogen and oxygen atoms in total. The van der Waals surface area contributed by atoms with Gasteiger partial charge in [-0.15, -0.1) is 0 Å². The number of nitrogens with one attached hydrogen (secondary N) is 2. The van der Waals surface area contributed by atoms with E-state index in [-0.39, 0.29) is 5.91 Å². The summed E-state index contributed by atoms with van der Waals surface area (Å²) in [5, 5.41) is 7.17. The summed E-state index contributed by atoms with van der Waals surface area (Å²) in [6.07, 6.45) is 2.07. The van der Waals surface area contributed by atoms with Gasteiger partial charge in [-0.1, -0.05) is 18.2 Å². The van der Waals surface area contributed by atoms with E-state index in [0.717, 1.165) is 33.8 Å². The van der Waals surface area contributed by atoms with E-state index in [0.29, 0.717) is 26.2 Å². The molecule has 0 unspecified atom stereocenters. The Balaban J connectivity index is 1.34. The number of benzene rings is 2. The van der Waals surface area contributed by atoms with Crippen LogP contribution in [0, 0.1) is 0 Å². The highest BCUT2D eigenvalue weighted by Crippen LogP contribution is 2.32. The van der Waals surface area contributed by atoms with E-state index in [2.05, 4.69) is 15.6 Å². The zero-order valence-corrected chi connectivity index (χ0v) is 14.2. The maximum atomic E-state index is 12.3. The van der Waals surface area contributed by atoms with Crippen LogP contribution in [0.4, 0.5) is 11.4 Å². The summed E-state index contributed by atoms with van der Waals surface area (Å²) in [7, 11) is 0. The molecule has 0 fully saturated rings. The van der Waals surface area contributed by atoms with E-state index in [1.807, 2.05) is 48.5 Å². The summed E-state index contributed by atoms with van der Waals surface area (Å²) >= 11 is 0. The lowest BCUT2D eigenvalue weighted by Crippen LogP contribution is -2.17. The first kappa shape index (κ1) is 16.2. The number of pyridine rings is 1. The number of hydrogen-bond acceptors (Lipinski definition) is 5. The molecule has 0 atom stereocenters. The van der Waals surface area contributed by atoms with E-state index in [9.17, 15) is 4.79 Å². The van der Waals surface area contributed by atoms with Gasteiger partial charge in [0, 0.05) is 36.3 Å². The predicted octanol–water partition coefficient (Wildman–Crippen LogP) is 3.45. The lowest BCUT2D eigenvalue weighted by atomic mass is 10.2. The smallest absolute Gasteiger partial charge is 0.226 e. The highest BCUT2D eigenvalue weighted by atomic mass is 16.6. The molecule has 2 aromatic carbocycles. The number of para-hydroxylation sites is 1. The van der Waals surface area contributed by atoms with Crippen LogP contribution in [0.15, 0.2) is 54.7 Å². The molecule has 0 radical (unpaired) electrons. The fraction of sp³-hybridized carbons (Fsp3) is 0.200. The molecule has 1 aliphatic heterocycles. The normalized spacial score (nSPS) is 12.6. The Morgan fingerprint density at radius 1 is 1.04 bits per heavy atom. The summed E-state index contributed by atoms with van der Waals surface area (Å²) < 4.78 is 11.1. The fourth-order valence-electron chi connectivity index (χ4n) is 2.89. The molecule has 4 rings (SSSR count). The van der Waals surface area contributed by atoms with E-state index in [4.69, 9.17) is 9.47 Å². The van der Waals surface area contributed by atoms with Gasteiger partial charge in [-0.05, 0) is 24.3 Å². The lowest BCUT2D eigenvalue weighted by Gasteiger charge is -2.19. The Morgan fingerprint density at radius 2 is 1.88 bits per heavy atom. The van der Waals surface area contributed by atoms with Crippen molar-refractivity contribution in [3.8, 4) is 11.5 Å². The molecule has 1 amide bonds. The van der Waals surface area contributed by atoms with Gasteiger partial charge in [0.2, 0.25) is 5.91 Å². The lowest BCUT2D eigenvalue weighted by molar-refractivity contribution is -0.115. The van der Waals surface area contributed by atoms with Crippen molar-refractivity contribution in [2.24, 2.45) is 0 Å². The van der Waals surface area contributed by atoms with Crippen LogP contribution in [-0.2, 0) is 4.79 Å². The van der Waals surface area contributed by atoms with Gasteiger partial charge in [0.15, 0.2) is 11.5 Å². The van der Waals surface area contributed by atoms with Crippen LogP contribution in [0.25, 0.3) is 10.9 Å². The van der Waals surface area contributed by atoms with Crippen LogP contribution in [0.3, 0.4) is 0 Å². The molecule has 2 heterocycles. The van der Waals surface area contributed by atoms with Crippen molar-refractivity contribution in [2.75, 3.05) is 30.4 Å². The molecule has 0 saturated heterocycles. The number of carbonyl (C=O) groups excluding carboxylic acids is 1. The van der Waals surface area contributed by atoms with E-state index >= 15 is 0 Å². The molecule has 0 saturated carbocycles. The molecule has 0 spiro atoms. The molecule has 0 aliphatic carbocycles. The summed E-state index contributed by atoms with van der Waals surface area (Å²) in [6, 6.07) is 15.3. The third-order valence-corrected chi connectivity index (χ3v) is 4.13. The third kappa shape index (κ3) is 3.54. The first-order chi connectivity index (χ1) is 12.8. The minimum atomic E-state index is -0.0619. The van der Waals surface area contributed by atoms with Crippen LogP contribution in [0.1, 0.15) is 6.42 Å². The molecule has 132 valence electrons. The second-order valence-electron chi connectivity index (χ2n) is 5.96. The molecular formula is C20H19N3O3. The second kappa shape index (κ2) is 7.31. The zero-order chi connectivity index (χ0) is 17.8. The number of anilines is 2. The summed E-state index contributed by atoms with van der Waals surface area (Å²) in [5.41, 5.74) is 2.42. The predicted molar refractivity (Wildman–Crippen MR) is 101 cm³/mol. The van der Waals surface area contributed by atoms with Gasteiger partial charge in [0.1, 0.15) is 13.2 Å². The van der Waals surface area contributed by atoms with E-state index < -0.39 is 0 Å². The Kier molecular flexibility index (Phi) is 4.55. The highest BCUT2D eigenvalue weighted by molar-refractivity contribution is 6.00. The van der Waals surface area contributed by atoms with Crippen molar-refractivity contribution in [1.29, 1.82) is 0 Å². The maximum absolute atomic E-state index is 12.3. The average molecular weight is 349 g/mol. The summed E-state index contributed by atoms with van der Waals surface area (Å²) in [6.45, 7) is 1.64. The van der Waals surface area contributed by atoms with Crippen molar-refractivity contribution in [2.45, 2.75) is 6.42 Å². The van der Waals surface area contributed by atoms with Gasteiger partial charge in [0.25, 0.3) is 0 Å².